The maximum absolute atomic E-state index is 5.32. The summed E-state index contributed by atoms with van der Waals surface area (Å²) in [5.74, 6) is 1.18. The Morgan fingerprint density at radius 2 is 2.00 bits per heavy atom. The zero-order chi connectivity index (χ0) is 9.26. The van der Waals surface area contributed by atoms with Crippen molar-refractivity contribution in [3.05, 3.63) is 33.7 Å². The van der Waals surface area contributed by atoms with E-state index in [4.69, 9.17) is 4.42 Å². The standard InChI is InChI=1S/C9H7IN2O/c1-6-11-12-9(13-6)7-4-2-3-5-8(7)10/h2-5H,1H3. The third-order valence-electron chi connectivity index (χ3n) is 1.63. The molecule has 13 heavy (non-hydrogen) atoms. The van der Waals surface area contributed by atoms with Gasteiger partial charge in [-0.05, 0) is 34.7 Å². The first-order chi connectivity index (χ1) is 6.27. The largest absolute Gasteiger partial charge is 0.421 e. The molecule has 0 aliphatic rings. The number of hydrogen-bond donors (Lipinski definition) is 0. The molecule has 0 atom stereocenters. The highest BCUT2D eigenvalue weighted by molar-refractivity contribution is 14.1. The van der Waals surface area contributed by atoms with Crippen LogP contribution in [0, 0.1) is 10.5 Å². The lowest BCUT2D eigenvalue weighted by Gasteiger charge is -1.96. The van der Waals surface area contributed by atoms with Gasteiger partial charge in [0.1, 0.15) is 0 Å². The molecule has 0 aliphatic heterocycles. The van der Waals surface area contributed by atoms with E-state index in [1.165, 1.54) is 0 Å². The van der Waals surface area contributed by atoms with Gasteiger partial charge < -0.3 is 4.42 Å². The summed E-state index contributed by atoms with van der Waals surface area (Å²) in [6.07, 6.45) is 0. The van der Waals surface area contributed by atoms with Gasteiger partial charge in [0.2, 0.25) is 11.8 Å². The highest BCUT2D eigenvalue weighted by atomic mass is 127. The van der Waals surface area contributed by atoms with Crippen molar-refractivity contribution in [1.29, 1.82) is 0 Å². The smallest absolute Gasteiger partial charge is 0.248 e. The monoisotopic (exact) mass is 286 g/mol. The molecule has 1 aromatic carbocycles. The number of aryl methyl sites for hydroxylation is 1. The van der Waals surface area contributed by atoms with Gasteiger partial charge in [0.05, 0.1) is 5.56 Å². The lowest BCUT2D eigenvalue weighted by Crippen LogP contribution is -1.81. The van der Waals surface area contributed by atoms with Crippen molar-refractivity contribution < 1.29 is 4.42 Å². The summed E-state index contributed by atoms with van der Waals surface area (Å²) < 4.78 is 6.44. The van der Waals surface area contributed by atoms with Gasteiger partial charge in [-0.15, -0.1) is 10.2 Å². The van der Waals surface area contributed by atoms with Crippen LogP contribution in [0.5, 0.6) is 0 Å². The average Bonchev–Trinajstić information content (AvgIpc) is 2.53. The molecule has 0 bridgehead atoms. The van der Waals surface area contributed by atoms with E-state index in [-0.39, 0.29) is 0 Å². The highest BCUT2D eigenvalue weighted by Gasteiger charge is 2.07. The molecule has 0 saturated heterocycles. The second kappa shape index (κ2) is 3.45. The van der Waals surface area contributed by atoms with Gasteiger partial charge in [-0.1, -0.05) is 12.1 Å². The summed E-state index contributed by atoms with van der Waals surface area (Å²) in [6.45, 7) is 1.78. The predicted octanol–water partition coefficient (Wildman–Crippen LogP) is 2.65. The topological polar surface area (TPSA) is 38.9 Å². The van der Waals surface area contributed by atoms with Gasteiger partial charge in [-0.3, -0.25) is 0 Å². The number of halogens is 1. The number of nitrogens with zero attached hydrogens (tertiary/aromatic N) is 2. The van der Waals surface area contributed by atoms with E-state index >= 15 is 0 Å². The van der Waals surface area contributed by atoms with Crippen molar-refractivity contribution in [3.63, 3.8) is 0 Å². The molecule has 0 N–H and O–H groups in total. The molecule has 4 heteroatoms. The zero-order valence-electron chi connectivity index (χ0n) is 6.99. The minimum Gasteiger partial charge on any atom is -0.421 e. The number of aromatic nitrogens is 2. The third kappa shape index (κ3) is 1.72. The maximum atomic E-state index is 5.32. The molecule has 66 valence electrons. The molecule has 2 rings (SSSR count). The Morgan fingerprint density at radius 1 is 1.23 bits per heavy atom. The van der Waals surface area contributed by atoms with Crippen LogP contribution in [0.1, 0.15) is 5.89 Å². The van der Waals surface area contributed by atoms with Gasteiger partial charge >= 0.3 is 0 Å². The molecule has 0 aliphatic carbocycles. The molecule has 3 nitrogen and oxygen atoms in total. The zero-order valence-corrected chi connectivity index (χ0v) is 9.15. The molecule has 0 fully saturated rings. The van der Waals surface area contributed by atoms with Crippen LogP contribution >= 0.6 is 22.6 Å². The fourth-order valence-electron chi connectivity index (χ4n) is 1.04. The number of hydrogen-bond acceptors (Lipinski definition) is 3. The fourth-order valence-corrected chi connectivity index (χ4v) is 1.66. The van der Waals surface area contributed by atoms with E-state index in [0.717, 1.165) is 9.13 Å². The fraction of sp³-hybridized carbons (Fsp3) is 0.111. The van der Waals surface area contributed by atoms with Crippen molar-refractivity contribution in [2.75, 3.05) is 0 Å². The van der Waals surface area contributed by atoms with Crippen molar-refractivity contribution in [1.82, 2.24) is 10.2 Å². The summed E-state index contributed by atoms with van der Waals surface area (Å²) in [6, 6.07) is 7.91. The normalized spacial score (nSPS) is 10.3. The van der Waals surface area contributed by atoms with Crippen molar-refractivity contribution in [2.24, 2.45) is 0 Å². The van der Waals surface area contributed by atoms with E-state index in [9.17, 15) is 0 Å². The first-order valence-corrected chi connectivity index (χ1v) is 4.90. The number of benzene rings is 1. The second-order valence-corrected chi connectivity index (χ2v) is 3.77. The van der Waals surface area contributed by atoms with Gasteiger partial charge in [-0.2, -0.15) is 0 Å². The van der Waals surface area contributed by atoms with Gasteiger partial charge in [0, 0.05) is 10.5 Å². The molecule has 0 radical (unpaired) electrons. The van der Waals surface area contributed by atoms with E-state index in [2.05, 4.69) is 32.8 Å². The molecule has 1 aromatic heterocycles. The van der Waals surface area contributed by atoms with E-state index in [0.29, 0.717) is 11.8 Å². The van der Waals surface area contributed by atoms with Crippen LogP contribution in [0.15, 0.2) is 28.7 Å². The molecule has 0 amide bonds. The Balaban J connectivity index is 2.52. The molecular weight excluding hydrogens is 279 g/mol. The lowest BCUT2D eigenvalue weighted by molar-refractivity contribution is 0.532. The van der Waals surface area contributed by atoms with Crippen LogP contribution in [0.25, 0.3) is 11.5 Å². The number of rotatable bonds is 1. The van der Waals surface area contributed by atoms with E-state index < -0.39 is 0 Å². The van der Waals surface area contributed by atoms with Crippen LogP contribution in [-0.2, 0) is 0 Å². The highest BCUT2D eigenvalue weighted by Crippen LogP contribution is 2.23. The lowest BCUT2D eigenvalue weighted by atomic mass is 10.2. The predicted molar refractivity (Wildman–Crippen MR) is 57.2 cm³/mol. The van der Waals surface area contributed by atoms with Gasteiger partial charge in [0.25, 0.3) is 0 Å². The molecule has 1 heterocycles. The molecule has 0 saturated carbocycles. The summed E-state index contributed by atoms with van der Waals surface area (Å²) in [4.78, 5) is 0. The Hall–Kier alpha value is -0.910. The molecule has 2 aromatic rings. The third-order valence-corrected chi connectivity index (χ3v) is 2.57. The van der Waals surface area contributed by atoms with Gasteiger partial charge in [-0.25, -0.2) is 0 Å². The Labute approximate surface area is 89.3 Å². The summed E-state index contributed by atoms with van der Waals surface area (Å²) in [5, 5.41) is 7.74. The average molecular weight is 286 g/mol. The Bertz CT molecular complexity index is 425. The molecular formula is C9H7IN2O. The van der Waals surface area contributed by atoms with E-state index in [1.807, 2.05) is 24.3 Å². The van der Waals surface area contributed by atoms with Crippen LogP contribution in [-0.4, -0.2) is 10.2 Å². The summed E-state index contributed by atoms with van der Waals surface area (Å²) >= 11 is 2.25. The Kier molecular flexibility index (Phi) is 2.30. The molecule has 0 spiro atoms. The first kappa shape index (κ1) is 8.68. The first-order valence-electron chi connectivity index (χ1n) is 3.82. The van der Waals surface area contributed by atoms with Crippen molar-refractivity contribution >= 4 is 22.6 Å². The summed E-state index contributed by atoms with van der Waals surface area (Å²) in [5.41, 5.74) is 0.990. The van der Waals surface area contributed by atoms with Crippen LogP contribution in [0.2, 0.25) is 0 Å². The van der Waals surface area contributed by atoms with Crippen molar-refractivity contribution in [3.8, 4) is 11.5 Å². The van der Waals surface area contributed by atoms with Crippen LogP contribution in [0.3, 0.4) is 0 Å². The molecule has 0 unspecified atom stereocenters. The summed E-state index contributed by atoms with van der Waals surface area (Å²) in [7, 11) is 0. The van der Waals surface area contributed by atoms with Gasteiger partial charge in [0.15, 0.2) is 0 Å². The van der Waals surface area contributed by atoms with E-state index in [1.54, 1.807) is 6.92 Å². The minimum absolute atomic E-state index is 0.586. The Morgan fingerprint density at radius 3 is 2.62 bits per heavy atom. The van der Waals surface area contributed by atoms with Crippen molar-refractivity contribution in [2.45, 2.75) is 6.92 Å². The maximum Gasteiger partial charge on any atom is 0.248 e. The SMILES string of the molecule is Cc1nnc(-c2ccccc2I)o1. The minimum atomic E-state index is 0.586. The van der Waals surface area contributed by atoms with Crippen LogP contribution < -0.4 is 0 Å². The second-order valence-electron chi connectivity index (χ2n) is 2.61. The quantitative estimate of drug-likeness (QED) is 0.756. The van der Waals surface area contributed by atoms with Crippen LogP contribution in [0.4, 0.5) is 0 Å².